The number of ether oxygens (including phenoxy) is 1. The third-order valence-electron chi connectivity index (χ3n) is 6.46. The summed E-state index contributed by atoms with van der Waals surface area (Å²) in [7, 11) is 0. The SMILES string of the molecule is CCN1CCN(c2ccc(NC(=O)CCc3c(C)nc(N4CCOCC4)[nH]c3=O)cc2)CC1. The van der Waals surface area contributed by atoms with E-state index in [9.17, 15) is 9.59 Å². The summed E-state index contributed by atoms with van der Waals surface area (Å²) in [6, 6.07) is 7.99. The Labute approximate surface area is 194 Å². The van der Waals surface area contributed by atoms with Gasteiger partial charge < -0.3 is 24.8 Å². The Kier molecular flexibility index (Phi) is 7.61. The molecule has 0 spiro atoms. The highest BCUT2D eigenvalue weighted by Gasteiger charge is 2.18. The van der Waals surface area contributed by atoms with Crippen molar-refractivity contribution >= 4 is 23.2 Å². The van der Waals surface area contributed by atoms with Crippen LogP contribution in [-0.2, 0) is 16.0 Å². The van der Waals surface area contributed by atoms with Crippen LogP contribution in [0.3, 0.4) is 0 Å². The lowest BCUT2D eigenvalue weighted by molar-refractivity contribution is -0.116. The van der Waals surface area contributed by atoms with Gasteiger partial charge >= 0.3 is 0 Å². The number of anilines is 3. The Morgan fingerprint density at radius 3 is 2.39 bits per heavy atom. The number of morpholine rings is 1. The number of carbonyl (C=O) groups excluding carboxylic acids is 1. The summed E-state index contributed by atoms with van der Waals surface area (Å²) >= 11 is 0. The van der Waals surface area contributed by atoms with Crippen molar-refractivity contribution < 1.29 is 9.53 Å². The molecule has 33 heavy (non-hydrogen) atoms. The van der Waals surface area contributed by atoms with Gasteiger partial charge in [-0.3, -0.25) is 14.6 Å². The molecular weight excluding hydrogens is 420 g/mol. The van der Waals surface area contributed by atoms with E-state index >= 15 is 0 Å². The number of hydrogen-bond donors (Lipinski definition) is 2. The van der Waals surface area contributed by atoms with E-state index < -0.39 is 0 Å². The lowest BCUT2D eigenvalue weighted by atomic mass is 10.1. The third-order valence-corrected chi connectivity index (χ3v) is 6.46. The highest BCUT2D eigenvalue weighted by molar-refractivity contribution is 5.91. The molecule has 9 heteroatoms. The van der Waals surface area contributed by atoms with E-state index in [0.29, 0.717) is 49.9 Å². The van der Waals surface area contributed by atoms with Crippen LogP contribution in [-0.4, -0.2) is 79.8 Å². The molecule has 0 atom stereocenters. The predicted octanol–water partition coefficient (Wildman–Crippen LogP) is 1.63. The van der Waals surface area contributed by atoms with Gasteiger partial charge in [0, 0.05) is 68.3 Å². The van der Waals surface area contributed by atoms with Crippen molar-refractivity contribution in [1.29, 1.82) is 0 Å². The fourth-order valence-corrected chi connectivity index (χ4v) is 4.35. The van der Waals surface area contributed by atoms with Crippen LogP contribution in [0.25, 0.3) is 0 Å². The van der Waals surface area contributed by atoms with Gasteiger partial charge in [0.15, 0.2) is 0 Å². The van der Waals surface area contributed by atoms with Crippen molar-refractivity contribution in [2.45, 2.75) is 26.7 Å². The Bertz CT molecular complexity index is 992. The van der Waals surface area contributed by atoms with E-state index in [4.69, 9.17) is 4.74 Å². The molecule has 1 aromatic heterocycles. The molecule has 4 rings (SSSR count). The van der Waals surface area contributed by atoms with E-state index in [-0.39, 0.29) is 17.9 Å². The summed E-state index contributed by atoms with van der Waals surface area (Å²) in [6.07, 6.45) is 0.576. The molecule has 1 amide bonds. The number of nitrogens with one attached hydrogen (secondary N) is 2. The fourth-order valence-electron chi connectivity index (χ4n) is 4.35. The van der Waals surface area contributed by atoms with Crippen molar-refractivity contribution in [2.24, 2.45) is 0 Å². The number of aromatic nitrogens is 2. The number of likely N-dealkylation sites (N-methyl/N-ethyl adjacent to an activating group) is 1. The molecule has 2 aliphatic heterocycles. The average molecular weight is 455 g/mol. The second-order valence-electron chi connectivity index (χ2n) is 8.57. The fraction of sp³-hybridized carbons (Fsp3) is 0.542. The number of aromatic amines is 1. The second-order valence-corrected chi connectivity index (χ2v) is 8.57. The van der Waals surface area contributed by atoms with Crippen molar-refractivity contribution in [3.63, 3.8) is 0 Å². The Morgan fingerprint density at radius 2 is 1.76 bits per heavy atom. The van der Waals surface area contributed by atoms with Crippen LogP contribution in [0.5, 0.6) is 0 Å². The molecule has 0 bridgehead atoms. The van der Waals surface area contributed by atoms with Gasteiger partial charge in [0.25, 0.3) is 5.56 Å². The number of H-pyrrole nitrogens is 1. The van der Waals surface area contributed by atoms with Crippen LogP contribution in [0.15, 0.2) is 29.1 Å². The maximum Gasteiger partial charge on any atom is 0.255 e. The zero-order chi connectivity index (χ0) is 23.2. The first-order valence-electron chi connectivity index (χ1n) is 11.8. The number of hydrogen-bond acceptors (Lipinski definition) is 7. The van der Waals surface area contributed by atoms with Gasteiger partial charge in [0.2, 0.25) is 11.9 Å². The monoisotopic (exact) mass is 454 g/mol. The molecule has 2 saturated heterocycles. The molecule has 2 aliphatic rings. The summed E-state index contributed by atoms with van der Waals surface area (Å²) in [5.41, 5.74) is 2.99. The highest BCUT2D eigenvalue weighted by atomic mass is 16.5. The molecule has 0 saturated carbocycles. The standard InChI is InChI=1S/C24H34N6O3/c1-3-28-10-12-29(13-11-28)20-6-4-19(5-7-20)26-22(31)9-8-21-18(2)25-24(27-23(21)32)30-14-16-33-17-15-30/h4-7H,3,8-17H2,1-2H3,(H,26,31)(H,25,27,32). The van der Waals surface area contributed by atoms with Gasteiger partial charge in [-0.25, -0.2) is 4.98 Å². The quantitative estimate of drug-likeness (QED) is 0.657. The van der Waals surface area contributed by atoms with Gasteiger partial charge in [0.05, 0.1) is 13.2 Å². The van der Waals surface area contributed by atoms with Crippen molar-refractivity contribution in [1.82, 2.24) is 14.9 Å². The number of amides is 1. The number of aryl methyl sites for hydroxylation is 1. The maximum absolute atomic E-state index is 12.6. The molecule has 0 unspecified atom stereocenters. The molecular formula is C24H34N6O3. The third kappa shape index (κ3) is 5.91. The minimum atomic E-state index is -0.177. The summed E-state index contributed by atoms with van der Waals surface area (Å²) in [4.78, 5) is 39.4. The molecule has 3 heterocycles. The zero-order valence-electron chi connectivity index (χ0n) is 19.6. The number of nitrogens with zero attached hydrogens (tertiary/aromatic N) is 4. The summed E-state index contributed by atoms with van der Waals surface area (Å²) < 4.78 is 5.35. The van der Waals surface area contributed by atoms with Crippen molar-refractivity contribution in [2.75, 3.05) is 74.1 Å². The number of benzene rings is 1. The predicted molar refractivity (Wildman–Crippen MR) is 130 cm³/mol. The average Bonchev–Trinajstić information content (AvgIpc) is 2.84. The number of piperazine rings is 1. The summed E-state index contributed by atoms with van der Waals surface area (Å²) in [5.74, 6) is 0.459. The molecule has 2 aromatic rings. The summed E-state index contributed by atoms with van der Waals surface area (Å²) in [6.45, 7) is 12.0. The Hall–Kier alpha value is -2.91. The van der Waals surface area contributed by atoms with E-state index in [2.05, 4.69) is 44.1 Å². The lowest BCUT2D eigenvalue weighted by Crippen LogP contribution is -2.46. The van der Waals surface area contributed by atoms with E-state index in [1.807, 2.05) is 24.0 Å². The molecule has 2 fully saturated rings. The normalized spacial score (nSPS) is 17.3. The molecule has 178 valence electrons. The first kappa shape index (κ1) is 23.3. The topological polar surface area (TPSA) is 93.8 Å². The van der Waals surface area contributed by atoms with E-state index in [1.165, 1.54) is 5.69 Å². The molecule has 0 aliphatic carbocycles. The number of carbonyl (C=O) groups is 1. The van der Waals surface area contributed by atoms with Crippen LogP contribution in [0.2, 0.25) is 0 Å². The Balaban J connectivity index is 1.30. The van der Waals surface area contributed by atoms with Crippen LogP contribution in [0.1, 0.15) is 24.6 Å². The largest absolute Gasteiger partial charge is 0.378 e. The molecule has 0 radical (unpaired) electrons. The van der Waals surface area contributed by atoms with E-state index in [0.717, 1.165) is 38.4 Å². The van der Waals surface area contributed by atoms with Gasteiger partial charge in [-0.2, -0.15) is 0 Å². The van der Waals surface area contributed by atoms with E-state index in [1.54, 1.807) is 0 Å². The smallest absolute Gasteiger partial charge is 0.255 e. The molecule has 9 nitrogen and oxygen atoms in total. The van der Waals surface area contributed by atoms with Gasteiger partial charge in [-0.05, 0) is 44.2 Å². The first-order chi connectivity index (χ1) is 16.0. The zero-order valence-corrected chi connectivity index (χ0v) is 19.6. The Morgan fingerprint density at radius 1 is 1.06 bits per heavy atom. The molecule has 1 aromatic carbocycles. The molecule has 2 N–H and O–H groups in total. The minimum Gasteiger partial charge on any atom is -0.378 e. The lowest BCUT2D eigenvalue weighted by Gasteiger charge is -2.35. The van der Waals surface area contributed by atoms with Crippen molar-refractivity contribution in [3.8, 4) is 0 Å². The first-order valence-corrected chi connectivity index (χ1v) is 11.8. The van der Waals surface area contributed by atoms with Gasteiger partial charge in [-0.1, -0.05) is 6.92 Å². The maximum atomic E-state index is 12.6. The second kappa shape index (κ2) is 10.8. The van der Waals surface area contributed by atoms with Crippen molar-refractivity contribution in [3.05, 3.63) is 45.9 Å². The van der Waals surface area contributed by atoms with Crippen LogP contribution < -0.4 is 20.7 Å². The highest BCUT2D eigenvalue weighted by Crippen LogP contribution is 2.20. The minimum absolute atomic E-state index is 0.115. The van der Waals surface area contributed by atoms with Crippen LogP contribution in [0.4, 0.5) is 17.3 Å². The van der Waals surface area contributed by atoms with Crippen LogP contribution >= 0.6 is 0 Å². The van der Waals surface area contributed by atoms with Gasteiger partial charge in [0.1, 0.15) is 0 Å². The van der Waals surface area contributed by atoms with Gasteiger partial charge in [-0.15, -0.1) is 0 Å². The number of rotatable bonds is 7. The summed E-state index contributed by atoms with van der Waals surface area (Å²) in [5, 5.41) is 2.94. The van der Waals surface area contributed by atoms with Crippen LogP contribution in [0, 0.1) is 6.92 Å².